The summed E-state index contributed by atoms with van der Waals surface area (Å²) < 4.78 is 0.625. The quantitative estimate of drug-likeness (QED) is 0.341. The summed E-state index contributed by atoms with van der Waals surface area (Å²) in [6, 6.07) is 0. The molecule has 0 saturated heterocycles. The van der Waals surface area contributed by atoms with E-state index < -0.39 is 47.2 Å². The Morgan fingerprint density at radius 3 is 2.33 bits per heavy atom. The smallest absolute Gasteiger partial charge is 0.560 e. The summed E-state index contributed by atoms with van der Waals surface area (Å²) in [4.78, 5) is 33.0. The van der Waals surface area contributed by atoms with Crippen molar-refractivity contribution in [2.45, 2.75) is 12.8 Å². The van der Waals surface area contributed by atoms with Crippen molar-refractivity contribution in [1.82, 2.24) is 4.57 Å². The molecule has 0 radical (unpaired) electrons. The molecule has 0 fully saturated rings. The third kappa shape index (κ3) is 2.47. The van der Waals surface area contributed by atoms with Gasteiger partial charge in [0.05, 0.1) is 11.3 Å². The van der Waals surface area contributed by atoms with Crippen molar-refractivity contribution in [1.29, 1.82) is 0 Å². The number of hydrogen-bond donors (Lipinski definition) is 4. The highest BCUT2D eigenvalue weighted by atomic mass is 16.5. The van der Waals surface area contributed by atoms with E-state index in [0.29, 0.717) is 10.8 Å². The third-order valence-electron chi connectivity index (χ3n) is 2.06. The Kier molecular flexibility index (Phi) is 3.69. The van der Waals surface area contributed by atoms with Crippen LogP contribution in [0.2, 0.25) is 0 Å². The number of aliphatic hydroxyl groups is 2. The van der Waals surface area contributed by atoms with Crippen LogP contribution in [0.15, 0.2) is 11.0 Å². The molecule has 0 aliphatic heterocycles. The number of carbonyl (C=O) groups excluding carboxylic acids is 1. The summed E-state index contributed by atoms with van der Waals surface area (Å²) >= 11 is 0. The second kappa shape index (κ2) is 4.85. The molecule has 98 valence electrons. The van der Waals surface area contributed by atoms with Gasteiger partial charge in [-0.3, -0.25) is 4.79 Å². The van der Waals surface area contributed by atoms with Crippen LogP contribution < -0.4 is 5.43 Å². The first-order valence-corrected chi connectivity index (χ1v) is 4.57. The lowest BCUT2D eigenvalue weighted by atomic mass is 10.2. The largest absolute Gasteiger partial charge is 0.569 e. The molecule has 0 saturated carbocycles. The van der Waals surface area contributed by atoms with Crippen molar-refractivity contribution >= 4 is 11.9 Å². The Morgan fingerprint density at radius 2 is 1.94 bits per heavy atom. The van der Waals surface area contributed by atoms with Crippen LogP contribution in [0.3, 0.4) is 0 Å². The van der Waals surface area contributed by atoms with Gasteiger partial charge in [-0.25, -0.2) is 4.79 Å². The lowest BCUT2D eigenvalue weighted by Crippen LogP contribution is -2.26. The number of aromatic carboxylic acids is 1. The molecular formula is C9H10NO8+. The molecule has 0 bridgehead atoms. The number of aromatic hydroxyl groups is 1. The number of aliphatic hydroxyl groups excluding tert-OH is 1. The molecule has 0 amide bonds. The molecule has 6 N–H and O–H groups in total. The van der Waals surface area contributed by atoms with Crippen molar-refractivity contribution in [3.8, 4) is 5.75 Å². The van der Waals surface area contributed by atoms with Gasteiger partial charge in [0.1, 0.15) is 5.56 Å². The molecule has 0 spiro atoms. The van der Waals surface area contributed by atoms with Crippen LogP contribution in [0, 0.1) is 0 Å². The van der Waals surface area contributed by atoms with Crippen molar-refractivity contribution in [2.75, 3.05) is 0 Å². The molecule has 18 heavy (non-hydrogen) atoms. The number of hydrogen-bond acceptors (Lipinski definition) is 6. The molecule has 0 aromatic carbocycles. The number of nitrogens with zero attached hydrogens (tertiary/aromatic N) is 1. The summed E-state index contributed by atoms with van der Waals surface area (Å²) in [5.41, 5.74) is -2.97. The number of pyridine rings is 1. The van der Waals surface area contributed by atoms with Crippen molar-refractivity contribution < 1.29 is 35.1 Å². The minimum atomic E-state index is -1.95. The predicted octanol–water partition coefficient (Wildman–Crippen LogP) is -2.57. The first-order valence-electron chi connectivity index (χ1n) is 4.57. The molecule has 9 heteroatoms. The predicted molar refractivity (Wildman–Crippen MR) is 55.5 cm³/mol. The summed E-state index contributed by atoms with van der Waals surface area (Å²) in [7, 11) is 0. The van der Waals surface area contributed by atoms with E-state index in [9.17, 15) is 19.5 Å². The van der Waals surface area contributed by atoms with Crippen molar-refractivity contribution in [2.24, 2.45) is 0 Å². The number of aromatic nitrogens is 1. The van der Waals surface area contributed by atoms with Gasteiger partial charge in [-0.2, -0.15) is 0 Å². The second-order valence-electron chi connectivity index (χ2n) is 3.34. The normalized spacial score (nSPS) is 10.6. The van der Waals surface area contributed by atoms with Gasteiger partial charge in [-0.05, 0) is 0 Å². The maximum absolute atomic E-state index is 11.4. The Morgan fingerprint density at radius 1 is 1.39 bits per heavy atom. The third-order valence-corrected chi connectivity index (χ3v) is 2.06. The van der Waals surface area contributed by atoms with Crippen molar-refractivity contribution in [3.63, 3.8) is 0 Å². The van der Waals surface area contributed by atoms with Gasteiger partial charge in [0.25, 0.3) is 0 Å². The summed E-state index contributed by atoms with van der Waals surface area (Å²) in [5.74, 6) is -4.32. The minimum Gasteiger partial charge on any atom is -0.560 e. The fourth-order valence-corrected chi connectivity index (χ4v) is 1.36. The first kappa shape index (κ1) is 13.7. The van der Waals surface area contributed by atoms with Crippen molar-refractivity contribution in [3.05, 3.63) is 27.7 Å². The Labute approximate surface area is 98.8 Å². The van der Waals surface area contributed by atoms with E-state index in [-0.39, 0.29) is 0 Å². The van der Waals surface area contributed by atoms with Gasteiger partial charge in [0, 0.05) is 6.20 Å². The summed E-state index contributed by atoms with van der Waals surface area (Å²) in [6.07, 6.45) is -1.29. The second-order valence-corrected chi connectivity index (χ2v) is 3.34. The lowest BCUT2D eigenvalue weighted by molar-refractivity contribution is -0.0518. The van der Waals surface area contributed by atoms with Gasteiger partial charge in [0.15, 0.2) is 6.29 Å². The van der Waals surface area contributed by atoms with E-state index in [1.807, 2.05) is 0 Å². The molecule has 0 aliphatic rings. The molecule has 1 rings (SSSR count). The minimum absolute atomic E-state index is 0.625. The average Bonchev–Trinajstić information content (AvgIpc) is 2.21. The number of rotatable bonds is 4. The van der Waals surface area contributed by atoms with Gasteiger partial charge >= 0.3 is 11.9 Å². The maximum Gasteiger partial charge on any atom is 0.569 e. The van der Waals surface area contributed by atoms with E-state index in [0.717, 1.165) is 0 Å². The van der Waals surface area contributed by atoms with Gasteiger partial charge in [-0.1, -0.05) is 0 Å². The molecule has 0 atom stereocenters. The molecule has 9 nitrogen and oxygen atoms in total. The SMILES string of the molecule is O=C(O)c1cn(CC(O)O)c(C(=O)[OH2+])c(O)c1=O. The highest BCUT2D eigenvalue weighted by Gasteiger charge is 2.28. The first-order chi connectivity index (χ1) is 8.25. The van der Waals surface area contributed by atoms with Crippen LogP contribution in [-0.2, 0) is 6.54 Å². The lowest BCUT2D eigenvalue weighted by Gasteiger charge is -2.11. The zero-order chi connectivity index (χ0) is 14.0. The standard InChI is InChI=1S/C9H9NO8/c11-4(12)2-10-1-3(8(15)16)6(13)7(14)5(10)9(17)18/h1,4,11-12,14H,2H2,(H,15,16)(H,17,18)/p+1. The fraction of sp³-hybridized carbons (Fsp3) is 0.222. The Bertz CT molecular complexity index is 558. The number of carboxylic acids is 1. The van der Waals surface area contributed by atoms with E-state index in [1.54, 1.807) is 0 Å². The van der Waals surface area contributed by atoms with E-state index >= 15 is 0 Å². The van der Waals surface area contributed by atoms with Gasteiger partial charge in [-0.15, -0.1) is 0 Å². The fourth-order valence-electron chi connectivity index (χ4n) is 1.36. The maximum atomic E-state index is 11.4. The number of carbonyl (C=O) groups is 2. The molecule has 1 aromatic heterocycles. The van der Waals surface area contributed by atoms with E-state index in [4.69, 9.17) is 20.4 Å². The van der Waals surface area contributed by atoms with Crippen LogP contribution in [0.5, 0.6) is 5.75 Å². The van der Waals surface area contributed by atoms with Crippen LogP contribution in [0.4, 0.5) is 0 Å². The van der Waals surface area contributed by atoms with E-state index in [1.165, 1.54) is 0 Å². The van der Waals surface area contributed by atoms with Crippen LogP contribution >= 0.6 is 0 Å². The molecular weight excluding hydrogens is 250 g/mol. The summed E-state index contributed by atoms with van der Waals surface area (Å²) in [6.45, 7) is -0.673. The summed E-state index contributed by atoms with van der Waals surface area (Å²) in [5, 5.41) is 42.5. The van der Waals surface area contributed by atoms with Gasteiger partial charge in [0.2, 0.25) is 16.9 Å². The molecule has 1 heterocycles. The molecule has 0 aliphatic carbocycles. The molecule has 0 unspecified atom stereocenters. The van der Waals surface area contributed by atoms with E-state index in [2.05, 4.69) is 0 Å². The Balaban J connectivity index is 3.61. The van der Waals surface area contributed by atoms with Crippen LogP contribution in [-0.4, -0.2) is 48.3 Å². The average molecular weight is 260 g/mol. The van der Waals surface area contributed by atoms with Crippen LogP contribution in [0.1, 0.15) is 20.8 Å². The number of carboxylic acid groups (broad SMARTS) is 1. The molecule has 1 aromatic rings. The van der Waals surface area contributed by atoms with Gasteiger partial charge < -0.3 is 30.1 Å². The van der Waals surface area contributed by atoms with Crippen LogP contribution in [0.25, 0.3) is 0 Å². The Hall–Kier alpha value is -2.39. The monoisotopic (exact) mass is 260 g/mol. The highest BCUT2D eigenvalue weighted by Crippen LogP contribution is 2.14. The zero-order valence-electron chi connectivity index (χ0n) is 8.82. The highest BCUT2D eigenvalue weighted by molar-refractivity contribution is 5.92. The zero-order valence-corrected chi connectivity index (χ0v) is 8.82. The topological polar surface area (TPSA) is 160 Å².